The van der Waals surface area contributed by atoms with Crippen molar-refractivity contribution >= 4 is 50.1 Å². The molecule has 3 aromatic carbocycles. The predicted octanol–water partition coefficient (Wildman–Crippen LogP) is 6.33. The molecule has 0 fully saturated rings. The van der Waals surface area contributed by atoms with Crippen LogP contribution in [0.15, 0.2) is 88.7 Å². The van der Waals surface area contributed by atoms with Crippen LogP contribution in [0.25, 0.3) is 27.7 Å². The topological polar surface area (TPSA) is 98.7 Å². The van der Waals surface area contributed by atoms with Crippen LogP contribution >= 0.6 is 22.1 Å². The Morgan fingerprint density at radius 3 is 2.58 bits per heavy atom. The first kappa shape index (κ1) is 25.6. The number of nitrogens with one attached hydrogen (secondary N) is 1. The minimum absolute atomic E-state index is 0.0119. The van der Waals surface area contributed by atoms with E-state index in [0.29, 0.717) is 33.3 Å². The van der Waals surface area contributed by atoms with Crippen LogP contribution in [0.3, 0.4) is 0 Å². The standard InChI is InChI=1S/C29H27ClN6OS/c1-4-38(3)21-13-8-10-19(16-21)22-17-32-29(31)35-26(22)33-18(2)27-34-24-15-9-14-23(30)25(24)28(37)36(27)20-11-6-5-7-12-20/h4-18H,1-3H3,(H3,31,32,33,35)/t18-,38?/m1/s1. The lowest BCUT2D eigenvalue weighted by molar-refractivity contribution is 0.731. The van der Waals surface area contributed by atoms with Crippen LogP contribution in [0.5, 0.6) is 0 Å². The lowest BCUT2D eigenvalue weighted by Gasteiger charge is -2.21. The predicted molar refractivity (Wildman–Crippen MR) is 160 cm³/mol. The maximum Gasteiger partial charge on any atom is 0.267 e. The van der Waals surface area contributed by atoms with Crippen LogP contribution in [0.2, 0.25) is 5.02 Å². The molecular weight excluding hydrogens is 516 g/mol. The molecule has 0 aliphatic heterocycles. The minimum atomic E-state index is -0.424. The van der Waals surface area contributed by atoms with Gasteiger partial charge in [0.2, 0.25) is 5.95 Å². The van der Waals surface area contributed by atoms with Crippen molar-refractivity contribution in [2.24, 2.45) is 0 Å². The molecular formula is C29H27ClN6OS. The Morgan fingerprint density at radius 2 is 1.82 bits per heavy atom. The molecule has 1 unspecified atom stereocenters. The number of anilines is 2. The van der Waals surface area contributed by atoms with E-state index < -0.39 is 6.04 Å². The molecule has 2 aromatic heterocycles. The van der Waals surface area contributed by atoms with Gasteiger partial charge in [-0.15, -0.1) is 0 Å². The SMILES string of the molecule is C/C=S(/C)c1cccc(-c2cnc(N)nc2N[C@H](C)c2nc3cccc(Cl)c3c(=O)n2-c2ccccc2)c1. The summed E-state index contributed by atoms with van der Waals surface area (Å²) >= 11 is 6.43. The van der Waals surface area contributed by atoms with Gasteiger partial charge in [-0.05, 0) is 62.1 Å². The fourth-order valence-corrected chi connectivity index (χ4v) is 5.44. The molecule has 0 amide bonds. The average molecular weight is 543 g/mol. The van der Waals surface area contributed by atoms with Crippen molar-refractivity contribution in [1.82, 2.24) is 19.5 Å². The molecule has 0 bridgehead atoms. The third kappa shape index (κ3) is 4.92. The molecule has 2 atom stereocenters. The number of para-hydroxylation sites is 1. The Bertz CT molecular complexity index is 1740. The minimum Gasteiger partial charge on any atom is -0.368 e. The summed E-state index contributed by atoms with van der Waals surface area (Å²) in [5.74, 6) is 1.22. The van der Waals surface area contributed by atoms with E-state index in [0.717, 1.165) is 11.1 Å². The molecule has 0 saturated heterocycles. The van der Waals surface area contributed by atoms with Crippen molar-refractivity contribution in [3.8, 4) is 16.8 Å². The third-order valence-electron chi connectivity index (χ3n) is 6.31. The number of benzene rings is 3. The number of halogens is 1. The van der Waals surface area contributed by atoms with E-state index in [4.69, 9.17) is 22.3 Å². The van der Waals surface area contributed by atoms with E-state index >= 15 is 0 Å². The van der Waals surface area contributed by atoms with Gasteiger partial charge < -0.3 is 11.1 Å². The Kier molecular flexibility index (Phi) is 7.26. The quantitative estimate of drug-likeness (QED) is 0.243. The first-order chi connectivity index (χ1) is 18.4. The molecule has 2 heterocycles. The molecule has 0 spiro atoms. The summed E-state index contributed by atoms with van der Waals surface area (Å²) in [7, 11) is 0.0119. The summed E-state index contributed by atoms with van der Waals surface area (Å²) in [4.78, 5) is 28.6. The molecule has 0 saturated carbocycles. The van der Waals surface area contributed by atoms with Gasteiger partial charge in [0.15, 0.2) is 0 Å². The van der Waals surface area contributed by atoms with Gasteiger partial charge in [0.1, 0.15) is 11.6 Å². The van der Waals surface area contributed by atoms with Crippen LogP contribution in [-0.2, 0) is 0 Å². The highest BCUT2D eigenvalue weighted by Crippen LogP contribution is 2.33. The monoisotopic (exact) mass is 542 g/mol. The first-order valence-corrected chi connectivity index (χ1v) is 14.1. The second-order valence-corrected chi connectivity index (χ2v) is 11.2. The lowest BCUT2D eigenvalue weighted by Crippen LogP contribution is -2.27. The summed E-state index contributed by atoms with van der Waals surface area (Å²) in [6, 6.07) is 22.6. The van der Waals surface area contributed by atoms with E-state index in [2.05, 4.69) is 46.0 Å². The zero-order valence-electron chi connectivity index (χ0n) is 21.2. The van der Waals surface area contributed by atoms with Crippen LogP contribution in [0.1, 0.15) is 25.7 Å². The average Bonchev–Trinajstić information content (AvgIpc) is 2.93. The molecule has 0 aliphatic rings. The zero-order valence-corrected chi connectivity index (χ0v) is 22.8. The smallest absolute Gasteiger partial charge is 0.267 e. The normalized spacial score (nSPS) is 12.9. The maximum absolute atomic E-state index is 13.8. The van der Waals surface area contributed by atoms with Gasteiger partial charge in [-0.25, -0.2) is 9.97 Å². The van der Waals surface area contributed by atoms with Gasteiger partial charge in [-0.3, -0.25) is 9.36 Å². The van der Waals surface area contributed by atoms with Gasteiger partial charge in [0.05, 0.1) is 27.7 Å². The number of hydrogen-bond donors (Lipinski definition) is 2. The van der Waals surface area contributed by atoms with E-state index in [9.17, 15) is 4.79 Å². The molecule has 38 heavy (non-hydrogen) atoms. The van der Waals surface area contributed by atoms with Crippen molar-refractivity contribution in [3.63, 3.8) is 0 Å². The molecule has 5 rings (SSSR count). The van der Waals surface area contributed by atoms with Gasteiger partial charge in [0.25, 0.3) is 5.56 Å². The van der Waals surface area contributed by atoms with Gasteiger partial charge in [0, 0.05) is 16.7 Å². The fraction of sp³-hybridized carbons (Fsp3) is 0.138. The molecule has 192 valence electrons. The second-order valence-electron chi connectivity index (χ2n) is 8.76. The van der Waals surface area contributed by atoms with Gasteiger partial charge in [-0.2, -0.15) is 15.5 Å². The van der Waals surface area contributed by atoms with Crippen molar-refractivity contribution < 1.29 is 0 Å². The number of fused-ring (bicyclic) bond motifs is 1. The Hall–Kier alpha value is -4.01. The lowest BCUT2D eigenvalue weighted by atomic mass is 10.1. The Balaban J connectivity index is 1.65. The summed E-state index contributed by atoms with van der Waals surface area (Å²) < 4.78 is 1.59. The molecule has 3 N–H and O–H groups in total. The summed E-state index contributed by atoms with van der Waals surface area (Å²) in [5.41, 5.74) is 8.76. The number of nitrogens with two attached hydrogens (primary N) is 1. The maximum atomic E-state index is 13.8. The Morgan fingerprint density at radius 1 is 1.05 bits per heavy atom. The Labute approximate surface area is 228 Å². The number of aromatic nitrogens is 4. The van der Waals surface area contributed by atoms with Crippen molar-refractivity contribution in [3.05, 3.63) is 100 Å². The molecule has 0 radical (unpaired) electrons. The summed E-state index contributed by atoms with van der Waals surface area (Å²) in [5, 5.41) is 6.37. The van der Waals surface area contributed by atoms with Crippen LogP contribution < -0.4 is 16.6 Å². The highest BCUT2D eigenvalue weighted by Gasteiger charge is 2.21. The molecule has 0 aliphatic carbocycles. The highest BCUT2D eigenvalue weighted by molar-refractivity contribution is 8.14. The van der Waals surface area contributed by atoms with Crippen LogP contribution in [0, 0.1) is 0 Å². The van der Waals surface area contributed by atoms with Gasteiger partial charge in [-0.1, -0.05) is 53.4 Å². The first-order valence-electron chi connectivity index (χ1n) is 12.1. The second kappa shape index (κ2) is 10.8. The van der Waals surface area contributed by atoms with Crippen molar-refractivity contribution in [2.45, 2.75) is 24.8 Å². The fourth-order valence-electron chi connectivity index (χ4n) is 4.31. The van der Waals surface area contributed by atoms with Crippen molar-refractivity contribution in [2.75, 3.05) is 17.3 Å². The van der Waals surface area contributed by atoms with E-state index in [-0.39, 0.29) is 22.0 Å². The van der Waals surface area contributed by atoms with Crippen molar-refractivity contribution in [1.29, 1.82) is 0 Å². The van der Waals surface area contributed by atoms with E-state index in [1.807, 2.05) is 49.4 Å². The molecule has 7 nitrogen and oxygen atoms in total. The third-order valence-corrected chi connectivity index (χ3v) is 8.32. The molecule has 9 heteroatoms. The molecule has 5 aromatic rings. The number of hydrogen-bond acceptors (Lipinski definition) is 6. The van der Waals surface area contributed by atoms with E-state index in [1.54, 1.807) is 29.0 Å². The summed E-state index contributed by atoms with van der Waals surface area (Å²) in [6.07, 6.45) is 3.90. The van der Waals surface area contributed by atoms with Crippen LogP contribution in [0.4, 0.5) is 11.8 Å². The summed E-state index contributed by atoms with van der Waals surface area (Å²) in [6.45, 7) is 4.00. The zero-order chi connectivity index (χ0) is 26.8. The highest BCUT2D eigenvalue weighted by atomic mass is 35.5. The number of nitrogens with zero attached hydrogens (tertiary/aromatic N) is 4. The number of nitrogen functional groups attached to an aromatic ring is 1. The van der Waals surface area contributed by atoms with E-state index in [1.165, 1.54) is 4.90 Å². The van der Waals surface area contributed by atoms with Gasteiger partial charge >= 0.3 is 0 Å². The van der Waals surface area contributed by atoms with Crippen LogP contribution in [-0.4, -0.2) is 31.1 Å². The largest absolute Gasteiger partial charge is 0.368 e. The number of rotatable bonds is 6.